The lowest BCUT2D eigenvalue weighted by Crippen LogP contribution is -2.44. The van der Waals surface area contributed by atoms with Crippen LogP contribution in [0.5, 0.6) is 0 Å². The van der Waals surface area contributed by atoms with E-state index in [9.17, 15) is 0 Å². The molecule has 146 valence electrons. The molecule has 0 amide bonds. The van der Waals surface area contributed by atoms with Gasteiger partial charge in [-0.25, -0.2) is 9.97 Å². The van der Waals surface area contributed by atoms with Crippen molar-refractivity contribution in [3.05, 3.63) is 72.6 Å². The summed E-state index contributed by atoms with van der Waals surface area (Å²) in [4.78, 5) is 16.1. The van der Waals surface area contributed by atoms with Gasteiger partial charge in [0.25, 0.3) is 0 Å². The van der Waals surface area contributed by atoms with Crippen molar-refractivity contribution in [3.8, 4) is 28.5 Å². The molecule has 2 aromatic carbocycles. The van der Waals surface area contributed by atoms with Crippen LogP contribution in [0, 0.1) is 11.3 Å². The molecule has 4 aromatic rings. The summed E-state index contributed by atoms with van der Waals surface area (Å²) in [6.07, 6.45) is 3.69. The smallest absolute Gasteiger partial charge is 0.225 e. The molecule has 3 heterocycles. The molecule has 0 bridgehead atoms. The number of fused-ring (bicyclic) bond motifs is 1. The quantitative estimate of drug-likeness (QED) is 0.574. The number of benzene rings is 2. The first-order chi connectivity index (χ1) is 14.8. The molecule has 6 nitrogen and oxygen atoms in total. The summed E-state index contributed by atoms with van der Waals surface area (Å²) in [7, 11) is 0. The fraction of sp³-hybridized carbons (Fsp3) is 0.167. The van der Waals surface area contributed by atoms with Crippen LogP contribution in [0.1, 0.15) is 5.56 Å². The van der Waals surface area contributed by atoms with Crippen molar-refractivity contribution in [1.82, 2.24) is 20.3 Å². The molecule has 0 aliphatic carbocycles. The highest BCUT2D eigenvalue weighted by Crippen LogP contribution is 2.27. The van der Waals surface area contributed by atoms with Crippen molar-refractivity contribution in [2.45, 2.75) is 0 Å². The highest BCUT2D eigenvalue weighted by atomic mass is 15.3. The van der Waals surface area contributed by atoms with Gasteiger partial charge in [-0.3, -0.25) is 4.98 Å². The second-order valence-electron chi connectivity index (χ2n) is 7.30. The fourth-order valence-corrected chi connectivity index (χ4v) is 3.71. The maximum Gasteiger partial charge on any atom is 0.225 e. The van der Waals surface area contributed by atoms with Crippen LogP contribution in [0.3, 0.4) is 0 Å². The molecule has 0 radical (unpaired) electrons. The fourth-order valence-electron chi connectivity index (χ4n) is 3.71. The molecule has 5 rings (SSSR count). The zero-order chi connectivity index (χ0) is 20.3. The van der Waals surface area contributed by atoms with Crippen molar-refractivity contribution in [2.75, 3.05) is 31.1 Å². The maximum absolute atomic E-state index is 9.01. The number of rotatable bonds is 3. The van der Waals surface area contributed by atoms with Crippen molar-refractivity contribution in [3.63, 3.8) is 0 Å². The van der Waals surface area contributed by atoms with E-state index in [2.05, 4.69) is 44.5 Å². The van der Waals surface area contributed by atoms with E-state index in [-0.39, 0.29) is 0 Å². The Bertz CT molecular complexity index is 1240. The zero-order valence-corrected chi connectivity index (χ0v) is 16.4. The molecule has 1 aliphatic rings. The van der Waals surface area contributed by atoms with Gasteiger partial charge in [0.15, 0.2) is 0 Å². The highest BCUT2D eigenvalue weighted by Gasteiger charge is 2.14. The van der Waals surface area contributed by atoms with Gasteiger partial charge in [0.2, 0.25) is 5.95 Å². The van der Waals surface area contributed by atoms with Crippen LogP contribution in [-0.4, -0.2) is 41.1 Å². The largest absolute Gasteiger partial charge is 0.338 e. The summed E-state index contributed by atoms with van der Waals surface area (Å²) in [5.74, 6) is 0.764. The monoisotopic (exact) mass is 392 g/mol. The number of nitrogens with zero attached hydrogens (tertiary/aromatic N) is 5. The Morgan fingerprint density at radius 3 is 2.43 bits per heavy atom. The molecule has 30 heavy (non-hydrogen) atoms. The first-order valence-electron chi connectivity index (χ1n) is 10.00. The van der Waals surface area contributed by atoms with Gasteiger partial charge in [0.05, 0.1) is 22.8 Å². The van der Waals surface area contributed by atoms with Gasteiger partial charge in [-0.15, -0.1) is 0 Å². The van der Waals surface area contributed by atoms with E-state index >= 15 is 0 Å². The predicted octanol–water partition coefficient (Wildman–Crippen LogP) is 3.64. The maximum atomic E-state index is 9.01. The number of piperazine rings is 1. The lowest BCUT2D eigenvalue weighted by atomic mass is 10.0. The normalized spacial score (nSPS) is 13.9. The third kappa shape index (κ3) is 3.59. The number of nitriles is 1. The first kappa shape index (κ1) is 18.2. The number of hydrogen-bond donors (Lipinski definition) is 1. The minimum atomic E-state index is 0.660. The topological polar surface area (TPSA) is 77.7 Å². The van der Waals surface area contributed by atoms with Crippen molar-refractivity contribution >= 4 is 16.9 Å². The summed E-state index contributed by atoms with van der Waals surface area (Å²) in [5, 5.41) is 13.4. The summed E-state index contributed by atoms with van der Waals surface area (Å²) in [6, 6.07) is 20.1. The molecule has 0 atom stereocenters. The van der Waals surface area contributed by atoms with E-state index in [4.69, 9.17) is 10.2 Å². The predicted molar refractivity (Wildman–Crippen MR) is 118 cm³/mol. The summed E-state index contributed by atoms with van der Waals surface area (Å²) in [5.41, 5.74) is 5.61. The van der Waals surface area contributed by atoms with Gasteiger partial charge in [-0.05, 0) is 47.5 Å². The number of hydrogen-bond acceptors (Lipinski definition) is 6. The average molecular weight is 392 g/mol. The molecule has 0 unspecified atom stereocenters. The van der Waals surface area contributed by atoms with Crippen LogP contribution >= 0.6 is 0 Å². The Labute approximate surface area is 174 Å². The third-order valence-electron chi connectivity index (χ3n) is 5.37. The van der Waals surface area contributed by atoms with Gasteiger partial charge in [-0.2, -0.15) is 5.26 Å². The molecule has 1 fully saturated rings. The van der Waals surface area contributed by atoms with Crippen LogP contribution in [0.25, 0.3) is 33.3 Å². The van der Waals surface area contributed by atoms with Crippen molar-refractivity contribution < 1.29 is 0 Å². The van der Waals surface area contributed by atoms with E-state index in [1.54, 1.807) is 0 Å². The number of nitrogens with one attached hydrogen (secondary N) is 1. The number of pyridine rings is 1. The lowest BCUT2D eigenvalue weighted by Gasteiger charge is -2.27. The summed E-state index contributed by atoms with van der Waals surface area (Å²) in [6.45, 7) is 3.72. The molecule has 1 aliphatic heterocycles. The van der Waals surface area contributed by atoms with Gasteiger partial charge in [-0.1, -0.05) is 18.2 Å². The average Bonchev–Trinajstić information content (AvgIpc) is 2.84. The molecular formula is C24H20N6. The SMILES string of the molecule is N#Cc1ccc(-c2ccc3ncc(-c4ccnc(N5CCNCC5)n4)cc3c2)cc1. The standard InChI is InChI=1S/C24H20N6/c25-15-17-1-3-18(4-2-17)19-5-6-22-20(13-19)14-21(16-28-22)23-7-8-27-24(29-23)30-11-9-26-10-12-30/h1-8,13-14,16,26H,9-12H2. The van der Waals surface area contributed by atoms with Gasteiger partial charge < -0.3 is 10.2 Å². The van der Waals surface area contributed by atoms with Crippen LogP contribution in [0.2, 0.25) is 0 Å². The van der Waals surface area contributed by atoms with Crippen molar-refractivity contribution in [2.24, 2.45) is 0 Å². The minimum Gasteiger partial charge on any atom is -0.338 e. The van der Waals surface area contributed by atoms with Crippen LogP contribution in [-0.2, 0) is 0 Å². The second kappa shape index (κ2) is 7.90. The molecule has 0 spiro atoms. The summed E-state index contributed by atoms with van der Waals surface area (Å²) >= 11 is 0. The molecule has 0 saturated carbocycles. The minimum absolute atomic E-state index is 0.660. The molecule has 1 N–H and O–H groups in total. The van der Waals surface area contributed by atoms with Crippen LogP contribution in [0.4, 0.5) is 5.95 Å². The highest BCUT2D eigenvalue weighted by molar-refractivity contribution is 5.87. The third-order valence-corrected chi connectivity index (χ3v) is 5.37. The van der Waals surface area contributed by atoms with Crippen LogP contribution < -0.4 is 10.2 Å². The van der Waals surface area contributed by atoms with E-state index in [1.165, 1.54) is 0 Å². The first-order valence-corrected chi connectivity index (χ1v) is 10.00. The molecule has 6 heteroatoms. The van der Waals surface area contributed by atoms with E-state index in [1.807, 2.05) is 48.8 Å². The lowest BCUT2D eigenvalue weighted by molar-refractivity contribution is 0.580. The molecule has 2 aromatic heterocycles. The Morgan fingerprint density at radius 1 is 0.867 bits per heavy atom. The second-order valence-corrected chi connectivity index (χ2v) is 7.30. The number of aromatic nitrogens is 3. The molecule has 1 saturated heterocycles. The van der Waals surface area contributed by atoms with Gasteiger partial charge in [0.1, 0.15) is 0 Å². The van der Waals surface area contributed by atoms with E-state index in [0.717, 1.165) is 65.4 Å². The Balaban J connectivity index is 1.50. The summed E-state index contributed by atoms with van der Waals surface area (Å²) < 4.78 is 0. The Morgan fingerprint density at radius 2 is 1.63 bits per heavy atom. The number of anilines is 1. The van der Waals surface area contributed by atoms with Crippen molar-refractivity contribution in [1.29, 1.82) is 5.26 Å². The molecular weight excluding hydrogens is 372 g/mol. The van der Waals surface area contributed by atoms with Gasteiger partial charge >= 0.3 is 0 Å². The van der Waals surface area contributed by atoms with Gasteiger partial charge in [0, 0.05) is 49.5 Å². The Kier molecular flexibility index (Phi) is 4.80. The zero-order valence-electron chi connectivity index (χ0n) is 16.4. The van der Waals surface area contributed by atoms with Crippen LogP contribution in [0.15, 0.2) is 67.0 Å². The van der Waals surface area contributed by atoms with E-state index in [0.29, 0.717) is 5.56 Å². The Hall–Kier alpha value is -3.82. The van der Waals surface area contributed by atoms with E-state index < -0.39 is 0 Å².